The third kappa shape index (κ3) is 4.43. The molecule has 0 aromatic heterocycles. The van der Waals surface area contributed by atoms with Gasteiger partial charge < -0.3 is 10.1 Å². The molecule has 0 aromatic rings. The third-order valence-electron chi connectivity index (χ3n) is 5.80. The molecule has 144 valence electrons. The summed E-state index contributed by atoms with van der Waals surface area (Å²) in [5, 5.41) is 2.90. The van der Waals surface area contributed by atoms with Gasteiger partial charge in [0.2, 0.25) is 11.8 Å². The minimum Gasteiger partial charge on any atom is -0.454 e. The fourth-order valence-electron chi connectivity index (χ4n) is 4.40. The fourth-order valence-corrected chi connectivity index (χ4v) is 4.40. The first-order valence-corrected chi connectivity index (χ1v) is 9.86. The number of nitrogens with zero attached hydrogens (tertiary/aromatic N) is 1. The highest BCUT2D eigenvalue weighted by Gasteiger charge is 2.48. The Balaban J connectivity index is 1.43. The Labute approximate surface area is 153 Å². The number of hydrogen-bond donors (Lipinski definition) is 1. The van der Waals surface area contributed by atoms with Crippen LogP contribution in [-0.2, 0) is 23.9 Å². The summed E-state index contributed by atoms with van der Waals surface area (Å²) in [4.78, 5) is 49.7. The number of amides is 3. The lowest BCUT2D eigenvalue weighted by atomic mass is 9.81. The molecular formula is C19H28N2O5. The van der Waals surface area contributed by atoms with E-state index in [1.54, 1.807) is 0 Å². The molecular weight excluding hydrogens is 336 g/mol. The van der Waals surface area contributed by atoms with Crippen LogP contribution >= 0.6 is 0 Å². The first-order valence-electron chi connectivity index (χ1n) is 9.86. The quantitative estimate of drug-likeness (QED) is 0.454. The molecule has 26 heavy (non-hydrogen) atoms. The van der Waals surface area contributed by atoms with Crippen LogP contribution in [0.25, 0.3) is 0 Å². The largest absolute Gasteiger partial charge is 0.454 e. The van der Waals surface area contributed by atoms with Gasteiger partial charge in [-0.25, -0.2) is 0 Å². The van der Waals surface area contributed by atoms with Crippen molar-refractivity contribution in [3.8, 4) is 0 Å². The SMILES string of the molecule is O=C(COC(=O)CN1C(=O)[C@@H]2CCCC[C@H]2C1=O)NC1CCCCCC1. The number of rotatable bonds is 5. The van der Waals surface area contributed by atoms with Crippen molar-refractivity contribution in [2.75, 3.05) is 13.2 Å². The summed E-state index contributed by atoms with van der Waals surface area (Å²) in [5.74, 6) is -2.11. The zero-order chi connectivity index (χ0) is 18.5. The molecule has 0 spiro atoms. The van der Waals surface area contributed by atoms with Crippen LogP contribution in [0.1, 0.15) is 64.2 Å². The van der Waals surface area contributed by atoms with Gasteiger partial charge in [-0.15, -0.1) is 0 Å². The van der Waals surface area contributed by atoms with Crippen molar-refractivity contribution in [3.05, 3.63) is 0 Å². The Hall–Kier alpha value is -1.92. The van der Waals surface area contributed by atoms with Crippen LogP contribution in [-0.4, -0.2) is 47.8 Å². The number of carbonyl (C=O) groups excluding carboxylic acids is 4. The molecule has 3 fully saturated rings. The van der Waals surface area contributed by atoms with E-state index in [1.807, 2.05) is 0 Å². The number of imide groups is 1. The van der Waals surface area contributed by atoms with Crippen LogP contribution in [0, 0.1) is 11.8 Å². The van der Waals surface area contributed by atoms with Gasteiger partial charge in [-0.3, -0.25) is 24.1 Å². The summed E-state index contributed by atoms with van der Waals surface area (Å²) in [7, 11) is 0. The smallest absolute Gasteiger partial charge is 0.326 e. The van der Waals surface area contributed by atoms with Crippen molar-refractivity contribution in [3.63, 3.8) is 0 Å². The highest BCUT2D eigenvalue weighted by Crippen LogP contribution is 2.37. The zero-order valence-corrected chi connectivity index (χ0v) is 15.2. The Morgan fingerprint density at radius 2 is 1.42 bits per heavy atom. The summed E-state index contributed by atoms with van der Waals surface area (Å²) in [6.45, 7) is -0.750. The molecule has 0 bridgehead atoms. The molecule has 1 N–H and O–H groups in total. The summed E-state index contributed by atoms with van der Waals surface area (Å²) in [6, 6.07) is 0.147. The minimum atomic E-state index is -0.707. The van der Waals surface area contributed by atoms with E-state index in [0.717, 1.165) is 43.4 Å². The maximum Gasteiger partial charge on any atom is 0.326 e. The maximum absolute atomic E-state index is 12.3. The van der Waals surface area contributed by atoms with Gasteiger partial charge in [-0.1, -0.05) is 38.5 Å². The summed E-state index contributed by atoms with van der Waals surface area (Å²) >= 11 is 0. The van der Waals surface area contributed by atoms with E-state index in [1.165, 1.54) is 12.8 Å². The highest BCUT2D eigenvalue weighted by atomic mass is 16.5. The molecule has 3 rings (SSSR count). The van der Waals surface area contributed by atoms with Crippen molar-refractivity contribution in [1.29, 1.82) is 0 Å². The van der Waals surface area contributed by atoms with Crippen LogP contribution < -0.4 is 5.32 Å². The normalized spacial score (nSPS) is 27.0. The minimum absolute atomic E-state index is 0.147. The van der Waals surface area contributed by atoms with Gasteiger partial charge in [-0.2, -0.15) is 0 Å². The van der Waals surface area contributed by atoms with Gasteiger partial charge in [0, 0.05) is 6.04 Å². The second-order valence-electron chi connectivity index (χ2n) is 7.68. The first kappa shape index (κ1) is 18.9. The molecule has 0 radical (unpaired) electrons. The van der Waals surface area contributed by atoms with E-state index in [-0.39, 0.29) is 48.8 Å². The second-order valence-corrected chi connectivity index (χ2v) is 7.68. The molecule has 7 heteroatoms. The molecule has 2 atom stereocenters. The van der Waals surface area contributed by atoms with Gasteiger partial charge in [0.25, 0.3) is 5.91 Å². The lowest BCUT2D eigenvalue weighted by Crippen LogP contribution is -2.40. The molecule has 1 aliphatic heterocycles. The van der Waals surface area contributed by atoms with Gasteiger partial charge in [0.05, 0.1) is 11.8 Å². The Morgan fingerprint density at radius 1 is 0.885 bits per heavy atom. The Morgan fingerprint density at radius 3 is 2.00 bits per heavy atom. The number of nitrogens with one attached hydrogen (secondary N) is 1. The van der Waals surface area contributed by atoms with Crippen LogP contribution in [0.3, 0.4) is 0 Å². The van der Waals surface area contributed by atoms with Gasteiger partial charge in [0.15, 0.2) is 6.61 Å². The van der Waals surface area contributed by atoms with E-state index in [9.17, 15) is 19.2 Å². The van der Waals surface area contributed by atoms with Gasteiger partial charge in [0.1, 0.15) is 6.54 Å². The molecule has 0 unspecified atom stereocenters. The number of carbonyl (C=O) groups is 4. The van der Waals surface area contributed by atoms with Crippen molar-refractivity contribution in [2.24, 2.45) is 11.8 Å². The van der Waals surface area contributed by atoms with Crippen molar-refractivity contribution in [1.82, 2.24) is 10.2 Å². The number of likely N-dealkylation sites (tertiary alicyclic amines) is 1. The Kier molecular flexibility index (Phi) is 6.27. The maximum atomic E-state index is 12.3. The average molecular weight is 364 g/mol. The molecule has 3 aliphatic rings. The van der Waals surface area contributed by atoms with E-state index in [4.69, 9.17) is 4.74 Å². The predicted octanol–water partition coefficient (Wildman–Crippen LogP) is 1.54. The lowest BCUT2D eigenvalue weighted by Gasteiger charge is -2.19. The van der Waals surface area contributed by atoms with Crippen molar-refractivity contribution in [2.45, 2.75) is 70.3 Å². The van der Waals surface area contributed by atoms with Crippen LogP contribution in [0.2, 0.25) is 0 Å². The first-order chi connectivity index (χ1) is 12.6. The third-order valence-corrected chi connectivity index (χ3v) is 5.80. The van der Waals surface area contributed by atoms with E-state index in [2.05, 4.69) is 5.32 Å². The summed E-state index contributed by atoms with van der Waals surface area (Å²) in [6.07, 6.45) is 9.83. The number of ether oxygens (including phenoxy) is 1. The standard InChI is InChI=1S/C19H28N2O5/c22-16(20-13-7-3-1-2-4-8-13)12-26-17(23)11-21-18(24)14-9-5-6-10-15(14)19(21)25/h13-15H,1-12H2,(H,20,22)/t14-,15-/m1/s1. The molecule has 2 aliphatic carbocycles. The molecule has 0 aromatic carbocycles. The molecule has 1 saturated heterocycles. The Bertz CT molecular complexity index is 544. The van der Waals surface area contributed by atoms with Gasteiger partial charge in [-0.05, 0) is 25.7 Å². The molecule has 3 amide bonds. The van der Waals surface area contributed by atoms with E-state index in [0.29, 0.717) is 12.8 Å². The molecule has 2 saturated carbocycles. The highest BCUT2D eigenvalue weighted by molar-refractivity contribution is 6.07. The zero-order valence-electron chi connectivity index (χ0n) is 15.2. The van der Waals surface area contributed by atoms with Crippen molar-refractivity contribution < 1.29 is 23.9 Å². The van der Waals surface area contributed by atoms with Crippen LogP contribution in [0.4, 0.5) is 0 Å². The topological polar surface area (TPSA) is 92.8 Å². The second kappa shape index (κ2) is 8.64. The summed E-state index contributed by atoms with van der Waals surface area (Å²) < 4.78 is 4.99. The monoisotopic (exact) mass is 364 g/mol. The summed E-state index contributed by atoms with van der Waals surface area (Å²) in [5.41, 5.74) is 0. The van der Waals surface area contributed by atoms with Crippen molar-refractivity contribution >= 4 is 23.7 Å². The molecule has 7 nitrogen and oxygen atoms in total. The van der Waals surface area contributed by atoms with E-state index < -0.39 is 5.97 Å². The average Bonchev–Trinajstić information content (AvgIpc) is 2.82. The predicted molar refractivity (Wildman–Crippen MR) is 92.8 cm³/mol. The van der Waals surface area contributed by atoms with Crippen LogP contribution in [0.5, 0.6) is 0 Å². The number of hydrogen-bond acceptors (Lipinski definition) is 5. The van der Waals surface area contributed by atoms with E-state index >= 15 is 0 Å². The number of esters is 1. The lowest BCUT2D eigenvalue weighted by molar-refractivity contribution is -0.155. The number of fused-ring (bicyclic) bond motifs is 1. The van der Waals surface area contributed by atoms with Crippen LogP contribution in [0.15, 0.2) is 0 Å². The fraction of sp³-hybridized carbons (Fsp3) is 0.789. The van der Waals surface area contributed by atoms with Gasteiger partial charge >= 0.3 is 5.97 Å². The molecule has 1 heterocycles.